The zero-order valence-corrected chi connectivity index (χ0v) is 28.4. The van der Waals surface area contributed by atoms with Crippen LogP contribution in [0, 0.1) is 0 Å². The van der Waals surface area contributed by atoms with Gasteiger partial charge in [-0.25, -0.2) is 0 Å². The second-order valence-electron chi connectivity index (χ2n) is 12.2. The predicted molar refractivity (Wildman–Crippen MR) is 188 cm³/mol. The van der Waals surface area contributed by atoms with E-state index in [0.29, 0.717) is 13.0 Å². The summed E-state index contributed by atoms with van der Waals surface area (Å²) in [6.45, 7) is 5.14. The van der Waals surface area contributed by atoms with Crippen LogP contribution >= 0.6 is 0 Å². The third-order valence-corrected chi connectivity index (χ3v) is 7.97. The van der Waals surface area contributed by atoms with Gasteiger partial charge in [0.05, 0.1) is 6.61 Å². The molecule has 0 saturated heterocycles. The average Bonchev–Trinajstić information content (AvgIpc) is 3.00. The number of carbonyl (C=O) groups is 1. The van der Waals surface area contributed by atoms with Gasteiger partial charge in [0.15, 0.2) is 0 Å². The van der Waals surface area contributed by atoms with Crippen LogP contribution in [-0.2, 0) is 9.53 Å². The Morgan fingerprint density at radius 3 is 1.17 bits per heavy atom. The summed E-state index contributed by atoms with van der Waals surface area (Å²) in [5.41, 5.74) is 0. The van der Waals surface area contributed by atoms with Crippen LogP contribution in [0.1, 0.15) is 194 Å². The van der Waals surface area contributed by atoms with Crippen LogP contribution in [0.4, 0.5) is 0 Å². The standard InChI is InChI=1S/C40H72O2/c1-3-5-7-9-11-13-15-17-19-21-23-25-27-29-31-33-35-37-39-42-40(41)38-36-34-32-30-28-26-24-22-20-18-16-14-12-10-8-6-4-2/h12,14,18,20,24,26,30,32H,3-11,13,15-17,19,21-23,25,27-29,31,33-39H2,1-2H3. The number of unbranched alkanes of at least 4 members (excludes halogenated alkanes) is 21. The minimum Gasteiger partial charge on any atom is -0.466 e. The van der Waals surface area contributed by atoms with Crippen LogP contribution < -0.4 is 0 Å². The van der Waals surface area contributed by atoms with Gasteiger partial charge in [-0.1, -0.05) is 184 Å². The first-order valence-electron chi connectivity index (χ1n) is 18.6. The Bertz CT molecular complexity index is 642. The second kappa shape index (κ2) is 37.5. The fraction of sp³-hybridized carbons (Fsp3) is 0.775. The van der Waals surface area contributed by atoms with Crippen molar-refractivity contribution in [2.24, 2.45) is 0 Å². The van der Waals surface area contributed by atoms with Crippen LogP contribution in [0.25, 0.3) is 0 Å². The Morgan fingerprint density at radius 1 is 0.405 bits per heavy atom. The fourth-order valence-corrected chi connectivity index (χ4v) is 5.19. The fourth-order valence-electron chi connectivity index (χ4n) is 5.19. The summed E-state index contributed by atoms with van der Waals surface area (Å²) in [6.07, 6.45) is 53.2. The van der Waals surface area contributed by atoms with Crippen LogP contribution in [0.15, 0.2) is 48.6 Å². The van der Waals surface area contributed by atoms with Crippen molar-refractivity contribution in [3.63, 3.8) is 0 Å². The lowest BCUT2D eigenvalue weighted by atomic mass is 10.0. The molecule has 0 aromatic carbocycles. The third kappa shape index (κ3) is 36.5. The van der Waals surface area contributed by atoms with Crippen molar-refractivity contribution in [1.82, 2.24) is 0 Å². The van der Waals surface area contributed by atoms with Gasteiger partial charge in [-0.3, -0.25) is 4.79 Å². The number of hydrogen-bond donors (Lipinski definition) is 0. The van der Waals surface area contributed by atoms with Crippen molar-refractivity contribution < 1.29 is 9.53 Å². The van der Waals surface area contributed by atoms with E-state index < -0.39 is 0 Å². The van der Waals surface area contributed by atoms with Gasteiger partial charge in [0.2, 0.25) is 0 Å². The summed E-state index contributed by atoms with van der Waals surface area (Å²) >= 11 is 0. The molecule has 0 radical (unpaired) electrons. The van der Waals surface area contributed by atoms with E-state index in [4.69, 9.17) is 4.74 Å². The van der Waals surface area contributed by atoms with Crippen LogP contribution in [0.3, 0.4) is 0 Å². The first-order chi connectivity index (χ1) is 20.8. The van der Waals surface area contributed by atoms with Crippen LogP contribution in [0.5, 0.6) is 0 Å². The van der Waals surface area contributed by atoms with Gasteiger partial charge < -0.3 is 4.74 Å². The van der Waals surface area contributed by atoms with Gasteiger partial charge in [-0.05, 0) is 51.4 Å². The number of esters is 1. The number of rotatable bonds is 33. The smallest absolute Gasteiger partial charge is 0.305 e. The topological polar surface area (TPSA) is 26.3 Å². The van der Waals surface area contributed by atoms with Gasteiger partial charge in [0.25, 0.3) is 0 Å². The van der Waals surface area contributed by atoms with Gasteiger partial charge in [-0.15, -0.1) is 0 Å². The Labute approximate surface area is 263 Å². The van der Waals surface area contributed by atoms with Crippen molar-refractivity contribution in [1.29, 1.82) is 0 Å². The molecule has 0 aromatic rings. The lowest BCUT2D eigenvalue weighted by molar-refractivity contribution is -0.143. The molecule has 2 heteroatoms. The highest BCUT2D eigenvalue weighted by Gasteiger charge is 2.01. The molecule has 0 saturated carbocycles. The second-order valence-corrected chi connectivity index (χ2v) is 12.2. The van der Waals surface area contributed by atoms with Crippen LogP contribution in [-0.4, -0.2) is 12.6 Å². The lowest BCUT2D eigenvalue weighted by Crippen LogP contribution is -2.05. The van der Waals surface area contributed by atoms with E-state index in [1.807, 2.05) is 0 Å². The molecule has 0 aromatic heterocycles. The largest absolute Gasteiger partial charge is 0.466 e. The van der Waals surface area contributed by atoms with Gasteiger partial charge >= 0.3 is 5.97 Å². The molecular formula is C40H72O2. The summed E-state index contributed by atoms with van der Waals surface area (Å²) in [6, 6.07) is 0. The molecule has 0 unspecified atom stereocenters. The van der Waals surface area contributed by atoms with E-state index in [2.05, 4.69) is 62.5 Å². The molecule has 42 heavy (non-hydrogen) atoms. The summed E-state index contributed by atoms with van der Waals surface area (Å²) < 4.78 is 5.42. The first kappa shape index (κ1) is 40.4. The highest BCUT2D eigenvalue weighted by Crippen LogP contribution is 2.14. The maximum absolute atomic E-state index is 11.9. The van der Waals surface area contributed by atoms with Crippen molar-refractivity contribution >= 4 is 5.97 Å². The van der Waals surface area contributed by atoms with Gasteiger partial charge in [0, 0.05) is 6.42 Å². The average molecular weight is 585 g/mol. The van der Waals surface area contributed by atoms with E-state index in [0.717, 1.165) is 38.5 Å². The van der Waals surface area contributed by atoms with Crippen molar-refractivity contribution in [2.45, 2.75) is 194 Å². The Hall–Kier alpha value is -1.57. The van der Waals surface area contributed by atoms with Crippen molar-refractivity contribution in [2.75, 3.05) is 6.61 Å². The third-order valence-electron chi connectivity index (χ3n) is 7.97. The van der Waals surface area contributed by atoms with E-state index in [1.165, 1.54) is 135 Å². The van der Waals surface area contributed by atoms with E-state index in [1.54, 1.807) is 0 Å². The highest BCUT2D eigenvalue weighted by atomic mass is 16.5. The van der Waals surface area contributed by atoms with E-state index >= 15 is 0 Å². The molecule has 0 rings (SSSR count). The summed E-state index contributed by atoms with van der Waals surface area (Å²) in [5, 5.41) is 0. The highest BCUT2D eigenvalue weighted by molar-refractivity contribution is 5.69. The maximum atomic E-state index is 11.9. The minimum atomic E-state index is -0.0298. The normalized spacial score (nSPS) is 12.1. The SMILES string of the molecule is CCCCCC=CCC=CCC=CCC=CCCCC(=O)OCCCCCCCCCCCCCCCCCCCC. The Morgan fingerprint density at radius 2 is 0.738 bits per heavy atom. The Balaban J connectivity index is 3.31. The molecule has 244 valence electrons. The molecule has 0 aliphatic carbocycles. The van der Waals surface area contributed by atoms with Gasteiger partial charge in [0.1, 0.15) is 0 Å². The molecule has 0 spiro atoms. The zero-order chi connectivity index (χ0) is 30.4. The molecule has 0 amide bonds. The van der Waals surface area contributed by atoms with Crippen LogP contribution in [0.2, 0.25) is 0 Å². The molecule has 0 atom stereocenters. The number of carbonyl (C=O) groups excluding carboxylic acids is 1. The number of ether oxygens (including phenoxy) is 1. The van der Waals surface area contributed by atoms with Crippen molar-refractivity contribution in [3.8, 4) is 0 Å². The zero-order valence-electron chi connectivity index (χ0n) is 28.4. The quantitative estimate of drug-likeness (QED) is 0.0435. The van der Waals surface area contributed by atoms with Gasteiger partial charge in [-0.2, -0.15) is 0 Å². The molecule has 0 heterocycles. The summed E-state index contributed by atoms with van der Waals surface area (Å²) in [4.78, 5) is 11.9. The van der Waals surface area contributed by atoms with E-state index in [-0.39, 0.29) is 5.97 Å². The number of hydrogen-bond acceptors (Lipinski definition) is 2. The van der Waals surface area contributed by atoms with E-state index in [9.17, 15) is 4.79 Å². The summed E-state index contributed by atoms with van der Waals surface area (Å²) in [5.74, 6) is -0.0298. The summed E-state index contributed by atoms with van der Waals surface area (Å²) in [7, 11) is 0. The first-order valence-corrected chi connectivity index (χ1v) is 18.6. The minimum absolute atomic E-state index is 0.0298. The molecule has 0 aliphatic rings. The lowest BCUT2D eigenvalue weighted by Gasteiger charge is -2.05. The molecular weight excluding hydrogens is 512 g/mol. The van der Waals surface area contributed by atoms with Crippen molar-refractivity contribution in [3.05, 3.63) is 48.6 Å². The predicted octanol–water partition coefficient (Wildman–Crippen LogP) is 13.7. The molecule has 2 nitrogen and oxygen atoms in total. The maximum Gasteiger partial charge on any atom is 0.305 e. The molecule has 0 bridgehead atoms. The molecule has 0 aliphatic heterocycles. The molecule has 0 N–H and O–H groups in total. The Kier molecular flexibility index (Phi) is 36.1. The molecule has 0 fully saturated rings. The number of allylic oxidation sites excluding steroid dienone is 8. The monoisotopic (exact) mass is 585 g/mol.